The maximum Gasteiger partial charge on any atom is 0.384 e. The first-order chi connectivity index (χ1) is 6.63. The van der Waals surface area contributed by atoms with Crippen molar-refractivity contribution < 1.29 is 9.53 Å². The number of methoxy groups -OCH3 is 1. The second kappa shape index (κ2) is 4.90. The van der Waals surface area contributed by atoms with E-state index >= 15 is 0 Å². The molecule has 0 saturated heterocycles. The molecule has 0 aliphatic carbocycles. The largest absolute Gasteiger partial charge is 0.459 e. The first kappa shape index (κ1) is 10.9. The second-order valence-electron chi connectivity index (χ2n) is 2.37. The van der Waals surface area contributed by atoms with Crippen molar-refractivity contribution in [1.82, 2.24) is 0 Å². The molecule has 1 rings (SSSR count). The molecule has 0 N–H and O–H groups in total. The highest BCUT2D eigenvalue weighted by atomic mass is 35.5. The summed E-state index contributed by atoms with van der Waals surface area (Å²) in [7, 11) is 1.26. The van der Waals surface area contributed by atoms with Gasteiger partial charge in [-0.3, -0.25) is 0 Å². The van der Waals surface area contributed by atoms with Crippen LogP contribution in [0.3, 0.4) is 0 Å². The number of ether oxygens (including phenoxy) is 1. The maximum atomic E-state index is 10.7. The van der Waals surface area contributed by atoms with E-state index in [4.69, 9.17) is 23.2 Å². The number of carbonyl (C=O) groups excluding carboxylic acids is 1. The van der Waals surface area contributed by atoms with Gasteiger partial charge in [-0.2, -0.15) is 0 Å². The zero-order valence-corrected chi connectivity index (χ0v) is 8.82. The molecule has 0 radical (unpaired) electrons. The average molecular weight is 229 g/mol. The summed E-state index contributed by atoms with van der Waals surface area (Å²) in [6.07, 6.45) is 0. The number of hydrogen-bond acceptors (Lipinski definition) is 2. The summed E-state index contributed by atoms with van der Waals surface area (Å²) in [4.78, 5) is 10.7. The van der Waals surface area contributed by atoms with Crippen LogP contribution in [0, 0.1) is 11.8 Å². The van der Waals surface area contributed by atoms with Gasteiger partial charge < -0.3 is 4.74 Å². The van der Waals surface area contributed by atoms with Crippen molar-refractivity contribution in [2.45, 2.75) is 0 Å². The fourth-order valence-corrected chi connectivity index (χ4v) is 1.22. The molecule has 0 atom stereocenters. The molecule has 72 valence electrons. The molecule has 0 fully saturated rings. The summed E-state index contributed by atoms with van der Waals surface area (Å²) in [5.41, 5.74) is 0.543. The molecule has 2 nitrogen and oxygen atoms in total. The monoisotopic (exact) mass is 228 g/mol. The van der Waals surface area contributed by atoms with Gasteiger partial charge in [0.15, 0.2) is 0 Å². The molecule has 0 saturated carbocycles. The number of hydrogen-bond donors (Lipinski definition) is 0. The quantitative estimate of drug-likeness (QED) is 0.504. The van der Waals surface area contributed by atoms with E-state index in [1.165, 1.54) is 7.11 Å². The molecular formula is C10H6Cl2O2. The van der Waals surface area contributed by atoms with Crippen molar-refractivity contribution in [3.05, 3.63) is 33.8 Å². The van der Waals surface area contributed by atoms with Gasteiger partial charge in [-0.25, -0.2) is 4.79 Å². The Bertz CT molecular complexity index is 416. The Labute approximate surface area is 91.8 Å². The highest BCUT2D eigenvalue weighted by molar-refractivity contribution is 6.35. The Balaban J connectivity index is 2.96. The Morgan fingerprint density at radius 1 is 1.43 bits per heavy atom. The number of esters is 1. The smallest absolute Gasteiger partial charge is 0.384 e. The zero-order chi connectivity index (χ0) is 10.6. The third kappa shape index (κ3) is 2.95. The zero-order valence-electron chi connectivity index (χ0n) is 7.30. The molecule has 4 heteroatoms. The van der Waals surface area contributed by atoms with Crippen molar-refractivity contribution >= 4 is 29.2 Å². The first-order valence-corrected chi connectivity index (χ1v) is 4.44. The van der Waals surface area contributed by atoms with E-state index in [1.54, 1.807) is 18.2 Å². The summed E-state index contributed by atoms with van der Waals surface area (Å²) in [6.45, 7) is 0. The SMILES string of the molecule is COC(=O)C#Cc1ccc(Cl)cc1Cl. The lowest BCUT2D eigenvalue weighted by Gasteiger charge is -1.95. The van der Waals surface area contributed by atoms with Crippen molar-refractivity contribution in [2.24, 2.45) is 0 Å². The van der Waals surface area contributed by atoms with E-state index in [0.717, 1.165) is 0 Å². The number of carbonyl (C=O) groups is 1. The van der Waals surface area contributed by atoms with Crippen LogP contribution in [0.25, 0.3) is 0 Å². The predicted molar refractivity (Wildman–Crippen MR) is 55.4 cm³/mol. The minimum absolute atomic E-state index is 0.411. The van der Waals surface area contributed by atoms with E-state index in [-0.39, 0.29) is 0 Å². The van der Waals surface area contributed by atoms with Crippen LogP contribution in [-0.4, -0.2) is 13.1 Å². The summed E-state index contributed by atoms with van der Waals surface area (Å²) in [6, 6.07) is 4.85. The normalized spacial score (nSPS) is 8.79. The van der Waals surface area contributed by atoms with Gasteiger partial charge in [0.25, 0.3) is 0 Å². The first-order valence-electron chi connectivity index (χ1n) is 3.68. The highest BCUT2D eigenvalue weighted by Gasteiger charge is 1.98. The van der Waals surface area contributed by atoms with Gasteiger partial charge in [-0.05, 0) is 18.2 Å². The number of benzene rings is 1. The van der Waals surface area contributed by atoms with Crippen molar-refractivity contribution in [3.63, 3.8) is 0 Å². The number of halogens is 2. The van der Waals surface area contributed by atoms with Gasteiger partial charge in [0.2, 0.25) is 0 Å². The van der Waals surface area contributed by atoms with Gasteiger partial charge in [0, 0.05) is 16.5 Å². The van der Waals surface area contributed by atoms with E-state index in [0.29, 0.717) is 15.6 Å². The lowest BCUT2D eigenvalue weighted by atomic mass is 10.2. The summed E-state index contributed by atoms with van der Waals surface area (Å²) in [5.74, 6) is 4.25. The molecule has 0 aromatic heterocycles. The molecule has 0 aliphatic rings. The molecule has 0 amide bonds. The van der Waals surface area contributed by atoms with Crippen LogP contribution in [0.1, 0.15) is 5.56 Å². The Morgan fingerprint density at radius 2 is 2.14 bits per heavy atom. The highest BCUT2D eigenvalue weighted by Crippen LogP contribution is 2.19. The Kier molecular flexibility index (Phi) is 3.82. The van der Waals surface area contributed by atoms with Crippen LogP contribution in [0.4, 0.5) is 0 Å². The van der Waals surface area contributed by atoms with Gasteiger partial charge >= 0.3 is 5.97 Å². The number of rotatable bonds is 0. The third-order valence-electron chi connectivity index (χ3n) is 1.42. The molecule has 14 heavy (non-hydrogen) atoms. The van der Waals surface area contributed by atoms with E-state index in [2.05, 4.69) is 16.6 Å². The van der Waals surface area contributed by atoms with Crippen molar-refractivity contribution in [3.8, 4) is 11.8 Å². The lowest BCUT2D eigenvalue weighted by molar-refractivity contribution is -0.133. The maximum absolute atomic E-state index is 10.7. The van der Waals surface area contributed by atoms with Crippen molar-refractivity contribution in [2.75, 3.05) is 7.11 Å². The summed E-state index contributed by atoms with van der Waals surface area (Å²) < 4.78 is 4.35. The predicted octanol–water partition coefficient (Wildman–Crippen LogP) is 2.52. The van der Waals surface area contributed by atoms with Crippen LogP contribution in [-0.2, 0) is 9.53 Å². The molecule has 1 aromatic carbocycles. The molecule has 0 spiro atoms. The molecule has 0 unspecified atom stereocenters. The topological polar surface area (TPSA) is 26.3 Å². The summed E-state index contributed by atoms with van der Waals surface area (Å²) >= 11 is 11.5. The van der Waals surface area contributed by atoms with Crippen LogP contribution in [0.2, 0.25) is 10.0 Å². The molecular weight excluding hydrogens is 223 g/mol. The minimum Gasteiger partial charge on any atom is -0.459 e. The second-order valence-corrected chi connectivity index (χ2v) is 3.21. The molecule has 0 heterocycles. The van der Waals surface area contributed by atoms with Crippen LogP contribution < -0.4 is 0 Å². The minimum atomic E-state index is -0.601. The van der Waals surface area contributed by atoms with E-state index < -0.39 is 5.97 Å². The van der Waals surface area contributed by atoms with Crippen molar-refractivity contribution in [1.29, 1.82) is 0 Å². The Morgan fingerprint density at radius 3 is 2.71 bits per heavy atom. The third-order valence-corrected chi connectivity index (χ3v) is 1.96. The van der Waals surface area contributed by atoms with E-state index in [1.807, 2.05) is 0 Å². The van der Waals surface area contributed by atoms with Crippen LogP contribution in [0.15, 0.2) is 18.2 Å². The standard InChI is InChI=1S/C10H6Cl2O2/c1-14-10(13)5-3-7-2-4-8(11)6-9(7)12/h2,4,6H,1H3. The van der Waals surface area contributed by atoms with Gasteiger partial charge in [-0.15, -0.1) is 0 Å². The molecule has 1 aromatic rings. The average Bonchev–Trinajstić information content (AvgIpc) is 2.16. The lowest BCUT2D eigenvalue weighted by Crippen LogP contribution is -1.94. The van der Waals surface area contributed by atoms with Gasteiger partial charge in [0.1, 0.15) is 0 Å². The fourth-order valence-electron chi connectivity index (χ4n) is 0.760. The Hall–Kier alpha value is -1.17. The molecule has 0 aliphatic heterocycles. The van der Waals surface area contributed by atoms with Gasteiger partial charge in [-0.1, -0.05) is 29.1 Å². The summed E-state index contributed by atoms with van der Waals surface area (Å²) in [5, 5.41) is 0.938. The van der Waals surface area contributed by atoms with Crippen LogP contribution in [0.5, 0.6) is 0 Å². The fraction of sp³-hybridized carbons (Fsp3) is 0.100. The van der Waals surface area contributed by atoms with E-state index in [9.17, 15) is 4.79 Å². The van der Waals surface area contributed by atoms with Crippen LogP contribution >= 0.6 is 23.2 Å². The van der Waals surface area contributed by atoms with Gasteiger partial charge in [0.05, 0.1) is 12.1 Å². The molecule has 0 bridgehead atoms.